The van der Waals surface area contributed by atoms with Gasteiger partial charge in [-0.15, -0.1) is 0 Å². The Morgan fingerprint density at radius 3 is 2.71 bits per heavy atom. The number of alkyl halides is 2. The normalized spacial score (nSPS) is 17.9. The van der Waals surface area contributed by atoms with Gasteiger partial charge in [0.2, 0.25) is 11.8 Å². The summed E-state index contributed by atoms with van der Waals surface area (Å²) < 4.78 is 34.9. The summed E-state index contributed by atoms with van der Waals surface area (Å²) in [5.41, 5.74) is 1.03. The van der Waals surface area contributed by atoms with Gasteiger partial charge in [0.1, 0.15) is 11.8 Å². The van der Waals surface area contributed by atoms with Crippen LogP contribution in [0.2, 0.25) is 0 Å². The molecular weight excluding hydrogens is 448 g/mol. The Balaban J connectivity index is 1.44. The third-order valence-electron chi connectivity index (χ3n) is 5.85. The predicted molar refractivity (Wildman–Crippen MR) is 116 cm³/mol. The molecule has 1 atom stereocenters. The first-order chi connectivity index (χ1) is 16.2. The van der Waals surface area contributed by atoms with Crippen molar-refractivity contribution in [1.29, 1.82) is 0 Å². The summed E-state index contributed by atoms with van der Waals surface area (Å²) in [5.74, 6) is -6.56. The monoisotopic (exact) mass is 471 g/mol. The van der Waals surface area contributed by atoms with Crippen molar-refractivity contribution < 1.29 is 32.7 Å². The molecule has 2 aliphatic heterocycles. The Labute approximate surface area is 194 Å². The number of hydrogen-bond donors (Lipinski definition) is 2. The van der Waals surface area contributed by atoms with Gasteiger partial charge in [-0.3, -0.25) is 24.5 Å². The molecule has 4 amide bonds. The number of carbonyl (C=O) groups is 4. The smallest absolute Gasteiger partial charge is 0.353 e. The zero-order chi connectivity index (χ0) is 24.5. The van der Waals surface area contributed by atoms with Crippen LogP contribution >= 0.6 is 0 Å². The molecule has 1 saturated heterocycles. The van der Waals surface area contributed by atoms with E-state index < -0.39 is 29.3 Å². The van der Waals surface area contributed by atoms with Crippen molar-refractivity contribution in [2.45, 2.75) is 44.8 Å². The number of para-hydroxylation sites is 1. The minimum absolute atomic E-state index is 0.0604. The van der Waals surface area contributed by atoms with Gasteiger partial charge in [-0.25, -0.2) is 0 Å². The van der Waals surface area contributed by atoms with Crippen LogP contribution in [0.4, 0.5) is 8.78 Å². The average molecular weight is 471 g/mol. The second-order valence-corrected chi connectivity index (χ2v) is 8.08. The van der Waals surface area contributed by atoms with Crippen molar-refractivity contribution in [3.8, 4) is 5.75 Å². The molecule has 2 heterocycles. The van der Waals surface area contributed by atoms with E-state index in [1.807, 2.05) is 0 Å². The molecule has 0 radical (unpaired) electrons. The van der Waals surface area contributed by atoms with Crippen LogP contribution in [0.15, 0.2) is 42.5 Å². The van der Waals surface area contributed by atoms with E-state index in [0.717, 1.165) is 6.07 Å². The topological polar surface area (TPSA) is 105 Å². The van der Waals surface area contributed by atoms with E-state index in [-0.39, 0.29) is 50.1 Å². The van der Waals surface area contributed by atoms with E-state index in [1.165, 1.54) is 17.0 Å². The van der Waals surface area contributed by atoms with Gasteiger partial charge in [0.15, 0.2) is 0 Å². The molecule has 1 fully saturated rings. The highest BCUT2D eigenvalue weighted by atomic mass is 19.3. The van der Waals surface area contributed by atoms with E-state index in [1.54, 1.807) is 31.2 Å². The predicted octanol–water partition coefficient (Wildman–Crippen LogP) is 2.25. The average Bonchev–Trinajstić information content (AvgIpc) is 3.13. The second kappa shape index (κ2) is 9.20. The summed E-state index contributed by atoms with van der Waals surface area (Å²) in [7, 11) is 0. The number of carbonyl (C=O) groups excluding carboxylic acids is 4. The highest BCUT2D eigenvalue weighted by molar-refractivity contribution is 6.05. The van der Waals surface area contributed by atoms with E-state index >= 15 is 0 Å². The van der Waals surface area contributed by atoms with Gasteiger partial charge in [0, 0.05) is 25.1 Å². The molecule has 2 aliphatic rings. The molecule has 0 aromatic heterocycles. The van der Waals surface area contributed by atoms with Crippen molar-refractivity contribution >= 4 is 23.6 Å². The molecule has 0 aliphatic carbocycles. The number of benzene rings is 2. The summed E-state index contributed by atoms with van der Waals surface area (Å²) in [5, 5.41) is 4.49. The highest BCUT2D eigenvalue weighted by Crippen LogP contribution is 2.35. The standard InChI is InChI=1S/C24H23F2N3O5/c1-2-34-19-6-4-3-5-17(19)24(25,26)23(33)27-12-14-7-8-16-15(11-14)13-29(22(16)32)18-9-10-20(30)28-21(18)31/h3-8,11,18H,2,9-10,12-13H2,1H3,(H,27,33)(H,28,30,31). The number of nitrogens with one attached hydrogen (secondary N) is 2. The van der Waals surface area contributed by atoms with Crippen molar-refractivity contribution in [3.05, 3.63) is 64.7 Å². The van der Waals surface area contributed by atoms with Gasteiger partial charge in [-0.1, -0.05) is 24.3 Å². The fraction of sp³-hybridized carbons (Fsp3) is 0.333. The van der Waals surface area contributed by atoms with Crippen LogP contribution in [-0.4, -0.2) is 41.2 Å². The maximum absolute atomic E-state index is 14.8. The van der Waals surface area contributed by atoms with Crippen LogP contribution in [0.25, 0.3) is 0 Å². The zero-order valence-corrected chi connectivity index (χ0v) is 18.4. The Bertz CT molecular complexity index is 1170. The van der Waals surface area contributed by atoms with Gasteiger partial charge in [-0.05, 0) is 42.7 Å². The number of nitrogens with zero attached hydrogens (tertiary/aromatic N) is 1. The summed E-state index contributed by atoms with van der Waals surface area (Å²) in [6.45, 7) is 1.82. The molecule has 2 N–H and O–H groups in total. The highest BCUT2D eigenvalue weighted by Gasteiger charge is 2.43. The number of ether oxygens (including phenoxy) is 1. The maximum atomic E-state index is 14.8. The van der Waals surface area contributed by atoms with Crippen LogP contribution in [0.1, 0.15) is 46.8 Å². The number of piperidine rings is 1. The molecular formula is C24H23F2N3O5. The molecule has 8 nitrogen and oxygen atoms in total. The second-order valence-electron chi connectivity index (χ2n) is 8.08. The van der Waals surface area contributed by atoms with Crippen molar-refractivity contribution in [2.24, 2.45) is 0 Å². The fourth-order valence-electron chi connectivity index (χ4n) is 4.16. The third kappa shape index (κ3) is 4.35. The summed E-state index contributed by atoms with van der Waals surface area (Å²) in [6, 6.07) is 9.50. The van der Waals surface area contributed by atoms with Crippen LogP contribution in [-0.2, 0) is 33.4 Å². The van der Waals surface area contributed by atoms with Gasteiger partial charge >= 0.3 is 5.92 Å². The largest absolute Gasteiger partial charge is 0.493 e. The number of amides is 4. The fourth-order valence-corrected chi connectivity index (χ4v) is 4.16. The molecule has 2 aromatic rings. The lowest BCUT2D eigenvalue weighted by molar-refractivity contribution is -0.147. The van der Waals surface area contributed by atoms with Crippen LogP contribution in [0, 0.1) is 0 Å². The van der Waals surface area contributed by atoms with Crippen LogP contribution in [0.5, 0.6) is 5.75 Å². The van der Waals surface area contributed by atoms with Crippen molar-refractivity contribution in [2.75, 3.05) is 6.61 Å². The first-order valence-corrected chi connectivity index (χ1v) is 10.9. The van der Waals surface area contributed by atoms with E-state index in [4.69, 9.17) is 4.74 Å². The number of fused-ring (bicyclic) bond motifs is 1. The third-order valence-corrected chi connectivity index (χ3v) is 5.85. The van der Waals surface area contributed by atoms with Gasteiger partial charge in [-0.2, -0.15) is 8.78 Å². The first-order valence-electron chi connectivity index (χ1n) is 10.9. The Hall–Kier alpha value is -3.82. The summed E-state index contributed by atoms with van der Waals surface area (Å²) in [6.07, 6.45) is 0.389. The quantitative estimate of drug-likeness (QED) is 0.603. The summed E-state index contributed by atoms with van der Waals surface area (Å²) >= 11 is 0. The van der Waals surface area contributed by atoms with Crippen LogP contribution < -0.4 is 15.4 Å². The molecule has 10 heteroatoms. The number of halogens is 2. The molecule has 0 saturated carbocycles. The Morgan fingerprint density at radius 1 is 1.21 bits per heavy atom. The minimum Gasteiger partial charge on any atom is -0.493 e. The number of rotatable bonds is 7. The summed E-state index contributed by atoms with van der Waals surface area (Å²) in [4.78, 5) is 50.0. The lowest BCUT2D eigenvalue weighted by Crippen LogP contribution is -2.52. The van der Waals surface area contributed by atoms with Crippen molar-refractivity contribution in [3.63, 3.8) is 0 Å². The Morgan fingerprint density at radius 2 is 1.97 bits per heavy atom. The molecule has 4 rings (SSSR count). The van der Waals surface area contributed by atoms with E-state index in [0.29, 0.717) is 16.7 Å². The van der Waals surface area contributed by atoms with Crippen LogP contribution in [0.3, 0.4) is 0 Å². The van der Waals surface area contributed by atoms with Gasteiger partial charge in [0.25, 0.3) is 11.8 Å². The zero-order valence-electron chi connectivity index (χ0n) is 18.4. The molecule has 0 bridgehead atoms. The molecule has 2 aromatic carbocycles. The molecule has 34 heavy (non-hydrogen) atoms. The molecule has 0 spiro atoms. The number of hydrogen-bond acceptors (Lipinski definition) is 5. The lowest BCUT2D eigenvalue weighted by atomic mass is 10.0. The van der Waals surface area contributed by atoms with E-state index in [9.17, 15) is 28.0 Å². The first kappa shape index (κ1) is 23.3. The van der Waals surface area contributed by atoms with Gasteiger partial charge in [0.05, 0.1) is 12.2 Å². The maximum Gasteiger partial charge on any atom is 0.353 e. The lowest BCUT2D eigenvalue weighted by Gasteiger charge is -2.29. The molecule has 1 unspecified atom stereocenters. The van der Waals surface area contributed by atoms with E-state index in [2.05, 4.69) is 10.6 Å². The Kier molecular flexibility index (Phi) is 6.32. The SMILES string of the molecule is CCOc1ccccc1C(F)(F)C(=O)NCc1ccc2c(c1)CN(C1CCC(=O)NC1=O)C2=O. The van der Waals surface area contributed by atoms with Gasteiger partial charge < -0.3 is 15.0 Å². The number of imide groups is 1. The molecule has 178 valence electrons. The minimum atomic E-state index is -3.80. The van der Waals surface area contributed by atoms with Crippen molar-refractivity contribution in [1.82, 2.24) is 15.5 Å².